The Hall–Kier alpha value is -2.36. The molecule has 110 valence electrons. The molecule has 0 aliphatic heterocycles. The molecule has 2 aromatic carbocycles. The van der Waals surface area contributed by atoms with Gasteiger partial charge in [0.25, 0.3) is 0 Å². The molecule has 0 fully saturated rings. The van der Waals surface area contributed by atoms with Crippen LogP contribution in [0.5, 0.6) is 0 Å². The van der Waals surface area contributed by atoms with Gasteiger partial charge in [0.05, 0.1) is 13.0 Å². The van der Waals surface area contributed by atoms with E-state index in [2.05, 4.69) is 5.32 Å². The number of benzene rings is 2. The van der Waals surface area contributed by atoms with Gasteiger partial charge in [-0.25, -0.2) is 4.39 Å². The van der Waals surface area contributed by atoms with E-state index in [4.69, 9.17) is 4.74 Å². The monoisotopic (exact) mass is 287 g/mol. The van der Waals surface area contributed by atoms with Crippen molar-refractivity contribution in [1.29, 1.82) is 0 Å². The Morgan fingerprint density at radius 2 is 1.67 bits per heavy atom. The van der Waals surface area contributed by atoms with Crippen molar-refractivity contribution in [2.45, 2.75) is 19.9 Å². The van der Waals surface area contributed by atoms with Crippen LogP contribution in [-0.4, -0.2) is 12.6 Å². The second kappa shape index (κ2) is 7.43. The number of esters is 1. The van der Waals surface area contributed by atoms with Gasteiger partial charge >= 0.3 is 5.97 Å². The van der Waals surface area contributed by atoms with Gasteiger partial charge in [0.2, 0.25) is 0 Å². The summed E-state index contributed by atoms with van der Waals surface area (Å²) >= 11 is 0. The highest BCUT2D eigenvalue weighted by Gasteiger charge is 2.03. The highest BCUT2D eigenvalue weighted by molar-refractivity contribution is 5.72. The van der Waals surface area contributed by atoms with Crippen molar-refractivity contribution < 1.29 is 13.9 Å². The number of rotatable bonds is 6. The Bertz CT molecular complexity index is 579. The van der Waals surface area contributed by atoms with Crippen LogP contribution in [0.1, 0.15) is 18.1 Å². The molecule has 21 heavy (non-hydrogen) atoms. The van der Waals surface area contributed by atoms with E-state index in [0.29, 0.717) is 13.2 Å². The zero-order valence-corrected chi connectivity index (χ0v) is 11.9. The van der Waals surface area contributed by atoms with Gasteiger partial charge < -0.3 is 10.1 Å². The first-order valence-electron chi connectivity index (χ1n) is 6.90. The number of hydrogen-bond donors (Lipinski definition) is 1. The van der Waals surface area contributed by atoms with E-state index < -0.39 is 0 Å². The van der Waals surface area contributed by atoms with Crippen LogP contribution in [0.4, 0.5) is 10.1 Å². The number of carbonyl (C=O) groups excluding carboxylic acids is 1. The molecule has 0 saturated heterocycles. The van der Waals surface area contributed by atoms with Crippen LogP contribution in [0, 0.1) is 5.82 Å². The molecule has 2 rings (SSSR count). The average Bonchev–Trinajstić information content (AvgIpc) is 2.48. The lowest BCUT2D eigenvalue weighted by Crippen LogP contribution is -2.07. The molecule has 0 aromatic heterocycles. The summed E-state index contributed by atoms with van der Waals surface area (Å²) in [6, 6.07) is 14.0. The molecule has 0 aliphatic carbocycles. The largest absolute Gasteiger partial charge is 0.466 e. The number of halogens is 1. The first kappa shape index (κ1) is 15.0. The molecule has 0 saturated carbocycles. The van der Waals surface area contributed by atoms with Crippen molar-refractivity contribution in [2.75, 3.05) is 11.9 Å². The summed E-state index contributed by atoms with van der Waals surface area (Å²) < 4.78 is 17.7. The van der Waals surface area contributed by atoms with E-state index >= 15 is 0 Å². The van der Waals surface area contributed by atoms with Gasteiger partial charge in [-0.2, -0.15) is 0 Å². The van der Waals surface area contributed by atoms with Crippen molar-refractivity contribution in [3.05, 3.63) is 65.5 Å². The quantitative estimate of drug-likeness (QED) is 0.826. The van der Waals surface area contributed by atoms with Crippen LogP contribution in [0.15, 0.2) is 48.5 Å². The molecular weight excluding hydrogens is 269 g/mol. The molecule has 0 spiro atoms. The van der Waals surface area contributed by atoms with E-state index in [1.54, 1.807) is 19.1 Å². The summed E-state index contributed by atoms with van der Waals surface area (Å²) in [6.07, 6.45) is 0.284. The lowest BCUT2D eigenvalue weighted by atomic mass is 10.1. The van der Waals surface area contributed by atoms with Gasteiger partial charge in [-0.3, -0.25) is 4.79 Å². The third-order valence-corrected chi connectivity index (χ3v) is 3.02. The predicted molar refractivity (Wildman–Crippen MR) is 80.5 cm³/mol. The number of anilines is 1. The minimum absolute atomic E-state index is 0.218. The predicted octanol–water partition coefficient (Wildman–Crippen LogP) is 3.54. The Morgan fingerprint density at radius 3 is 2.29 bits per heavy atom. The topological polar surface area (TPSA) is 38.3 Å². The van der Waals surface area contributed by atoms with Crippen molar-refractivity contribution in [3.63, 3.8) is 0 Å². The van der Waals surface area contributed by atoms with E-state index in [1.165, 1.54) is 12.1 Å². The lowest BCUT2D eigenvalue weighted by molar-refractivity contribution is -0.142. The summed E-state index contributed by atoms with van der Waals surface area (Å²) in [4.78, 5) is 11.4. The zero-order valence-electron chi connectivity index (χ0n) is 11.9. The van der Waals surface area contributed by atoms with Gasteiger partial charge in [0.15, 0.2) is 0 Å². The minimum atomic E-state index is -0.234. The highest BCUT2D eigenvalue weighted by Crippen LogP contribution is 2.12. The van der Waals surface area contributed by atoms with Crippen LogP contribution in [0.25, 0.3) is 0 Å². The minimum Gasteiger partial charge on any atom is -0.466 e. The second-order valence-corrected chi connectivity index (χ2v) is 4.66. The van der Waals surface area contributed by atoms with Gasteiger partial charge in [-0.1, -0.05) is 24.3 Å². The second-order valence-electron chi connectivity index (χ2n) is 4.66. The Balaban J connectivity index is 1.87. The highest BCUT2D eigenvalue weighted by atomic mass is 19.1. The van der Waals surface area contributed by atoms with Crippen molar-refractivity contribution in [2.24, 2.45) is 0 Å². The Morgan fingerprint density at radius 1 is 1.05 bits per heavy atom. The van der Waals surface area contributed by atoms with Crippen LogP contribution < -0.4 is 5.32 Å². The molecular formula is C17H18FNO2. The van der Waals surface area contributed by atoms with Gasteiger partial charge in [0, 0.05) is 12.2 Å². The standard InChI is InChI=1S/C17H18FNO2/c1-2-21-17(20)11-13-5-9-16(10-6-13)19-12-14-3-7-15(18)8-4-14/h3-10,19H,2,11-12H2,1H3. The van der Waals surface area contributed by atoms with Crippen molar-refractivity contribution >= 4 is 11.7 Å². The zero-order chi connectivity index (χ0) is 15.1. The maximum absolute atomic E-state index is 12.8. The molecule has 3 nitrogen and oxygen atoms in total. The third-order valence-electron chi connectivity index (χ3n) is 3.02. The summed E-state index contributed by atoms with van der Waals surface area (Å²) in [5.74, 6) is -0.452. The smallest absolute Gasteiger partial charge is 0.310 e. The van der Waals surface area contributed by atoms with E-state index in [1.807, 2.05) is 24.3 Å². The normalized spacial score (nSPS) is 10.2. The van der Waals surface area contributed by atoms with Crippen molar-refractivity contribution in [1.82, 2.24) is 0 Å². The van der Waals surface area contributed by atoms with Gasteiger partial charge in [-0.05, 0) is 42.3 Å². The number of nitrogens with one attached hydrogen (secondary N) is 1. The lowest BCUT2D eigenvalue weighted by Gasteiger charge is -2.08. The van der Waals surface area contributed by atoms with Crippen molar-refractivity contribution in [3.8, 4) is 0 Å². The van der Waals surface area contributed by atoms with Gasteiger partial charge in [0.1, 0.15) is 5.82 Å². The third kappa shape index (κ3) is 4.91. The Kier molecular flexibility index (Phi) is 5.32. The maximum atomic E-state index is 12.8. The fraction of sp³-hybridized carbons (Fsp3) is 0.235. The fourth-order valence-electron chi connectivity index (χ4n) is 1.93. The molecule has 0 unspecified atom stereocenters. The molecule has 0 amide bonds. The summed E-state index contributed by atoms with van der Waals surface area (Å²) in [5, 5.41) is 3.25. The van der Waals surface area contributed by atoms with Crippen LogP contribution in [0.3, 0.4) is 0 Å². The van der Waals surface area contributed by atoms with E-state index in [-0.39, 0.29) is 18.2 Å². The Labute approximate surface area is 123 Å². The van der Waals surface area contributed by atoms with Gasteiger partial charge in [-0.15, -0.1) is 0 Å². The van der Waals surface area contributed by atoms with Crippen LogP contribution >= 0.6 is 0 Å². The molecule has 4 heteroatoms. The van der Waals surface area contributed by atoms with E-state index in [9.17, 15) is 9.18 Å². The molecule has 0 heterocycles. The molecule has 0 aliphatic rings. The molecule has 1 N–H and O–H groups in total. The SMILES string of the molecule is CCOC(=O)Cc1ccc(NCc2ccc(F)cc2)cc1. The number of hydrogen-bond acceptors (Lipinski definition) is 3. The summed E-state index contributed by atoms with van der Waals surface area (Å²) in [5.41, 5.74) is 2.87. The van der Waals surface area contributed by atoms with Crippen LogP contribution in [-0.2, 0) is 22.5 Å². The molecule has 0 bridgehead atoms. The first-order chi connectivity index (χ1) is 10.2. The fourth-order valence-corrected chi connectivity index (χ4v) is 1.93. The average molecular weight is 287 g/mol. The summed E-state index contributed by atoms with van der Waals surface area (Å²) in [6.45, 7) is 2.81. The molecule has 2 aromatic rings. The van der Waals surface area contributed by atoms with E-state index in [0.717, 1.165) is 16.8 Å². The van der Waals surface area contributed by atoms with Crippen LogP contribution in [0.2, 0.25) is 0 Å². The summed E-state index contributed by atoms with van der Waals surface area (Å²) in [7, 11) is 0. The molecule has 0 atom stereocenters. The maximum Gasteiger partial charge on any atom is 0.310 e. The number of carbonyl (C=O) groups is 1. The molecule has 0 radical (unpaired) electrons. The first-order valence-corrected chi connectivity index (χ1v) is 6.90. The number of ether oxygens (including phenoxy) is 1.